The van der Waals surface area contributed by atoms with Crippen LogP contribution in [0.4, 0.5) is 0 Å². The van der Waals surface area contributed by atoms with Gasteiger partial charge in [-0.15, -0.1) is 0 Å². The summed E-state index contributed by atoms with van der Waals surface area (Å²) in [5.74, 6) is 1.61. The minimum absolute atomic E-state index is 0.517. The maximum atomic E-state index is 5.95. The Labute approximate surface area is 190 Å². The molecule has 3 rings (SSSR count). The quantitative estimate of drug-likeness (QED) is 0.272. The lowest BCUT2D eigenvalue weighted by Gasteiger charge is -2.15. The third kappa shape index (κ3) is 6.85. The summed E-state index contributed by atoms with van der Waals surface area (Å²) in [7, 11) is 0. The normalized spacial score (nSPS) is 11.4. The predicted octanol–water partition coefficient (Wildman–Crippen LogP) is 3.85. The summed E-state index contributed by atoms with van der Waals surface area (Å²) in [5.41, 5.74) is 4.46. The van der Waals surface area contributed by atoms with Gasteiger partial charge in [0.05, 0.1) is 25.2 Å². The van der Waals surface area contributed by atoms with Crippen LogP contribution in [0.5, 0.6) is 5.75 Å². The molecular formula is C25H33N5O2. The molecule has 0 unspecified atom stereocenters. The molecule has 0 spiro atoms. The summed E-state index contributed by atoms with van der Waals surface area (Å²) in [4.78, 5) is 8.95. The van der Waals surface area contributed by atoms with Gasteiger partial charge >= 0.3 is 0 Å². The highest BCUT2D eigenvalue weighted by Gasteiger charge is 2.07. The number of ether oxygens (including phenoxy) is 2. The van der Waals surface area contributed by atoms with Crippen molar-refractivity contribution in [2.24, 2.45) is 4.99 Å². The summed E-state index contributed by atoms with van der Waals surface area (Å²) in [5, 5.41) is 6.77. The highest BCUT2D eigenvalue weighted by molar-refractivity contribution is 5.79. The van der Waals surface area contributed by atoms with Crippen molar-refractivity contribution in [3.05, 3.63) is 77.9 Å². The first-order chi connectivity index (χ1) is 15.7. The Morgan fingerprint density at radius 3 is 2.72 bits per heavy atom. The second-order valence-corrected chi connectivity index (χ2v) is 7.30. The molecule has 0 fully saturated rings. The SMILES string of the molecule is CCNC(=NCc1ccc(C)cc1OCCOCC)NCc1ccccc1-n1ccnc1. The van der Waals surface area contributed by atoms with Gasteiger partial charge in [0.15, 0.2) is 5.96 Å². The lowest BCUT2D eigenvalue weighted by Crippen LogP contribution is -2.37. The second kappa shape index (κ2) is 12.5. The number of benzene rings is 2. The van der Waals surface area contributed by atoms with E-state index in [0.717, 1.165) is 40.6 Å². The van der Waals surface area contributed by atoms with Crippen LogP contribution in [0.1, 0.15) is 30.5 Å². The van der Waals surface area contributed by atoms with Gasteiger partial charge < -0.3 is 24.7 Å². The smallest absolute Gasteiger partial charge is 0.191 e. The number of aromatic nitrogens is 2. The average Bonchev–Trinajstić information content (AvgIpc) is 3.34. The molecular weight excluding hydrogens is 402 g/mol. The number of aliphatic imine (C=N–C) groups is 1. The summed E-state index contributed by atoms with van der Waals surface area (Å²) < 4.78 is 13.4. The maximum absolute atomic E-state index is 5.95. The molecule has 2 N–H and O–H groups in total. The second-order valence-electron chi connectivity index (χ2n) is 7.30. The van der Waals surface area contributed by atoms with Gasteiger partial charge in [0, 0.05) is 37.7 Å². The van der Waals surface area contributed by atoms with Crippen molar-refractivity contribution in [2.45, 2.75) is 33.9 Å². The van der Waals surface area contributed by atoms with Crippen LogP contribution >= 0.6 is 0 Å². The number of imidazole rings is 1. The monoisotopic (exact) mass is 435 g/mol. The molecule has 32 heavy (non-hydrogen) atoms. The highest BCUT2D eigenvalue weighted by atomic mass is 16.5. The lowest BCUT2D eigenvalue weighted by molar-refractivity contribution is 0.110. The number of rotatable bonds is 11. The van der Waals surface area contributed by atoms with Gasteiger partial charge in [0.1, 0.15) is 12.4 Å². The van der Waals surface area contributed by atoms with Gasteiger partial charge in [-0.05, 0) is 44.0 Å². The Kier molecular flexibility index (Phi) is 9.13. The standard InChI is InChI=1S/C25H33N5O2/c1-4-27-25(28-17-21-8-6-7-9-23(21)30-13-12-26-19-30)29-18-22-11-10-20(3)16-24(22)32-15-14-31-5-2/h6-13,16,19H,4-5,14-15,17-18H2,1-3H3,(H2,27,28,29). The van der Waals surface area contributed by atoms with Gasteiger partial charge in [-0.1, -0.05) is 30.3 Å². The molecule has 3 aromatic rings. The zero-order valence-corrected chi connectivity index (χ0v) is 19.2. The zero-order valence-electron chi connectivity index (χ0n) is 19.2. The van der Waals surface area contributed by atoms with Crippen LogP contribution in [0.15, 0.2) is 66.2 Å². The van der Waals surface area contributed by atoms with E-state index in [2.05, 4.69) is 59.8 Å². The summed E-state index contributed by atoms with van der Waals surface area (Å²) in [6, 6.07) is 14.5. The largest absolute Gasteiger partial charge is 0.491 e. The van der Waals surface area contributed by atoms with Crippen LogP contribution in [-0.2, 0) is 17.8 Å². The molecule has 1 aromatic heterocycles. The van der Waals surface area contributed by atoms with Crippen molar-refractivity contribution in [1.29, 1.82) is 0 Å². The van der Waals surface area contributed by atoms with Crippen molar-refractivity contribution >= 4 is 5.96 Å². The van der Waals surface area contributed by atoms with Gasteiger partial charge in [-0.2, -0.15) is 0 Å². The van der Waals surface area contributed by atoms with Crippen molar-refractivity contribution in [3.63, 3.8) is 0 Å². The third-order valence-electron chi connectivity index (χ3n) is 4.88. The zero-order chi connectivity index (χ0) is 22.6. The van der Waals surface area contributed by atoms with Crippen LogP contribution in [0.2, 0.25) is 0 Å². The van der Waals surface area contributed by atoms with E-state index in [4.69, 9.17) is 14.5 Å². The van der Waals surface area contributed by atoms with E-state index in [1.807, 2.05) is 36.1 Å². The van der Waals surface area contributed by atoms with Crippen molar-refractivity contribution in [3.8, 4) is 11.4 Å². The molecule has 7 heteroatoms. The molecule has 0 radical (unpaired) electrons. The Hall–Kier alpha value is -3.32. The molecule has 0 aliphatic rings. The number of hydrogen-bond donors (Lipinski definition) is 2. The van der Waals surface area contributed by atoms with Crippen molar-refractivity contribution in [2.75, 3.05) is 26.4 Å². The molecule has 170 valence electrons. The van der Waals surface area contributed by atoms with Crippen molar-refractivity contribution < 1.29 is 9.47 Å². The Morgan fingerprint density at radius 2 is 1.94 bits per heavy atom. The Bertz CT molecular complexity index is 986. The van der Waals surface area contributed by atoms with E-state index >= 15 is 0 Å². The molecule has 0 aliphatic heterocycles. The first-order valence-corrected chi connectivity index (χ1v) is 11.1. The predicted molar refractivity (Wildman–Crippen MR) is 128 cm³/mol. The van der Waals surface area contributed by atoms with Gasteiger partial charge in [0.25, 0.3) is 0 Å². The summed E-state index contributed by atoms with van der Waals surface area (Å²) in [6.45, 7) is 9.84. The minimum atomic E-state index is 0.517. The van der Waals surface area contributed by atoms with Crippen LogP contribution < -0.4 is 15.4 Å². The Balaban J connectivity index is 1.69. The molecule has 7 nitrogen and oxygen atoms in total. The minimum Gasteiger partial charge on any atom is -0.491 e. The van der Waals surface area contributed by atoms with Gasteiger partial charge in [-0.25, -0.2) is 9.98 Å². The molecule has 0 amide bonds. The number of para-hydroxylation sites is 1. The number of hydrogen-bond acceptors (Lipinski definition) is 4. The summed E-state index contributed by atoms with van der Waals surface area (Å²) >= 11 is 0. The summed E-state index contributed by atoms with van der Waals surface area (Å²) in [6.07, 6.45) is 5.54. The number of guanidine groups is 1. The number of nitrogens with one attached hydrogen (secondary N) is 2. The molecule has 2 aromatic carbocycles. The third-order valence-corrected chi connectivity index (χ3v) is 4.88. The molecule has 0 saturated heterocycles. The van der Waals surface area contributed by atoms with E-state index in [1.165, 1.54) is 0 Å². The van der Waals surface area contributed by atoms with E-state index in [9.17, 15) is 0 Å². The van der Waals surface area contributed by atoms with E-state index in [0.29, 0.717) is 32.9 Å². The maximum Gasteiger partial charge on any atom is 0.191 e. The molecule has 1 heterocycles. The fourth-order valence-corrected chi connectivity index (χ4v) is 3.28. The van der Waals surface area contributed by atoms with Crippen LogP contribution in [0.3, 0.4) is 0 Å². The fraction of sp³-hybridized carbons (Fsp3) is 0.360. The number of aryl methyl sites for hydroxylation is 1. The topological polar surface area (TPSA) is 72.7 Å². The first kappa shape index (κ1) is 23.3. The molecule has 0 atom stereocenters. The Morgan fingerprint density at radius 1 is 1.06 bits per heavy atom. The number of nitrogens with zero attached hydrogens (tertiary/aromatic N) is 3. The van der Waals surface area contributed by atoms with Crippen molar-refractivity contribution in [1.82, 2.24) is 20.2 Å². The van der Waals surface area contributed by atoms with Crippen LogP contribution in [0, 0.1) is 6.92 Å². The van der Waals surface area contributed by atoms with Crippen LogP contribution in [0.25, 0.3) is 5.69 Å². The molecule has 0 saturated carbocycles. The highest BCUT2D eigenvalue weighted by Crippen LogP contribution is 2.21. The van der Waals surface area contributed by atoms with E-state index < -0.39 is 0 Å². The van der Waals surface area contributed by atoms with Gasteiger partial charge in [0.2, 0.25) is 0 Å². The van der Waals surface area contributed by atoms with E-state index in [-0.39, 0.29) is 0 Å². The molecule has 0 bridgehead atoms. The van der Waals surface area contributed by atoms with Gasteiger partial charge in [-0.3, -0.25) is 0 Å². The average molecular weight is 436 g/mol. The fourth-order valence-electron chi connectivity index (χ4n) is 3.28. The van der Waals surface area contributed by atoms with Crippen LogP contribution in [-0.4, -0.2) is 41.9 Å². The lowest BCUT2D eigenvalue weighted by atomic mass is 10.1. The van der Waals surface area contributed by atoms with E-state index in [1.54, 1.807) is 6.20 Å². The molecule has 0 aliphatic carbocycles. The first-order valence-electron chi connectivity index (χ1n) is 11.1.